The third-order valence-electron chi connectivity index (χ3n) is 6.02. The molecule has 0 aromatic heterocycles. The van der Waals surface area contributed by atoms with Gasteiger partial charge >= 0.3 is 0 Å². The fourth-order valence-electron chi connectivity index (χ4n) is 4.84. The van der Waals surface area contributed by atoms with Crippen LogP contribution >= 0.6 is 0 Å². The van der Waals surface area contributed by atoms with E-state index in [0.717, 1.165) is 23.9 Å². The molecule has 0 amide bonds. The Kier molecular flexibility index (Phi) is 7.75. The summed E-state index contributed by atoms with van der Waals surface area (Å²) in [4.78, 5) is 0. The molecule has 154 valence electrons. The first-order valence-corrected chi connectivity index (χ1v) is 11.4. The summed E-state index contributed by atoms with van der Waals surface area (Å²) in [6.45, 7) is 9.56. The monoisotopic (exact) mass is 387 g/mol. The molecule has 3 aromatic carbocycles. The molecule has 3 unspecified atom stereocenters. The molecule has 1 N–H and O–H groups in total. The van der Waals surface area contributed by atoms with Crippen LogP contribution in [0.15, 0.2) is 66.7 Å². The molecule has 0 saturated heterocycles. The molecule has 0 bridgehead atoms. The van der Waals surface area contributed by atoms with Crippen molar-refractivity contribution in [3.63, 3.8) is 0 Å². The van der Waals surface area contributed by atoms with Gasteiger partial charge < -0.3 is 5.32 Å². The van der Waals surface area contributed by atoms with E-state index < -0.39 is 0 Å². The smallest absolute Gasteiger partial charge is 0.0496 e. The minimum absolute atomic E-state index is 0.677. The van der Waals surface area contributed by atoms with Crippen LogP contribution in [0.1, 0.15) is 58.9 Å². The van der Waals surface area contributed by atoms with Gasteiger partial charge in [-0.1, -0.05) is 95.1 Å². The van der Waals surface area contributed by atoms with Crippen LogP contribution in [0.4, 0.5) is 11.4 Å². The predicted octanol–water partition coefficient (Wildman–Crippen LogP) is 8.61. The second-order valence-corrected chi connectivity index (χ2v) is 9.09. The second kappa shape index (κ2) is 10.5. The van der Waals surface area contributed by atoms with Gasteiger partial charge in [-0.3, -0.25) is 0 Å². The van der Waals surface area contributed by atoms with Gasteiger partial charge in [0.1, 0.15) is 0 Å². The number of anilines is 2. The minimum Gasteiger partial charge on any atom is -0.355 e. The number of hydrogen-bond donors (Lipinski definition) is 1. The van der Waals surface area contributed by atoms with Crippen LogP contribution in [-0.4, -0.2) is 0 Å². The van der Waals surface area contributed by atoms with E-state index in [1.807, 2.05) is 0 Å². The zero-order valence-electron chi connectivity index (χ0n) is 18.6. The molecule has 3 rings (SSSR count). The highest BCUT2D eigenvalue weighted by Crippen LogP contribution is 2.33. The topological polar surface area (TPSA) is 12.0 Å². The van der Waals surface area contributed by atoms with E-state index in [0.29, 0.717) is 5.92 Å². The summed E-state index contributed by atoms with van der Waals surface area (Å²) < 4.78 is 0. The highest BCUT2D eigenvalue weighted by Gasteiger charge is 2.15. The van der Waals surface area contributed by atoms with Crippen molar-refractivity contribution in [1.29, 1.82) is 0 Å². The Morgan fingerprint density at radius 3 is 2.17 bits per heavy atom. The Morgan fingerprint density at radius 1 is 0.724 bits per heavy atom. The lowest BCUT2D eigenvalue weighted by molar-refractivity contribution is 0.331. The largest absolute Gasteiger partial charge is 0.355 e. The summed E-state index contributed by atoms with van der Waals surface area (Å²) in [5, 5.41) is 6.33. The van der Waals surface area contributed by atoms with Crippen molar-refractivity contribution in [2.75, 3.05) is 5.32 Å². The van der Waals surface area contributed by atoms with Gasteiger partial charge in [-0.05, 0) is 60.1 Å². The summed E-state index contributed by atoms with van der Waals surface area (Å²) >= 11 is 0. The normalized spacial score (nSPS) is 14.5. The van der Waals surface area contributed by atoms with E-state index in [1.54, 1.807) is 0 Å². The molecule has 0 spiro atoms. The molecule has 0 saturated carbocycles. The minimum atomic E-state index is 0.677. The van der Waals surface area contributed by atoms with E-state index in [9.17, 15) is 0 Å². The van der Waals surface area contributed by atoms with Crippen molar-refractivity contribution in [2.24, 2.45) is 17.8 Å². The maximum atomic E-state index is 3.72. The summed E-state index contributed by atoms with van der Waals surface area (Å²) in [7, 11) is 0. The Bertz CT molecular complexity index is 883. The van der Waals surface area contributed by atoms with Crippen LogP contribution < -0.4 is 5.32 Å². The molecule has 1 nitrogen and oxygen atoms in total. The molecule has 0 radical (unpaired) electrons. The Hall–Kier alpha value is -2.28. The molecule has 0 heterocycles. The van der Waals surface area contributed by atoms with Crippen molar-refractivity contribution in [3.8, 4) is 0 Å². The van der Waals surface area contributed by atoms with Gasteiger partial charge in [0, 0.05) is 16.8 Å². The Balaban J connectivity index is 1.78. The van der Waals surface area contributed by atoms with E-state index in [4.69, 9.17) is 0 Å². The van der Waals surface area contributed by atoms with Crippen LogP contribution in [0, 0.1) is 17.8 Å². The highest BCUT2D eigenvalue weighted by atomic mass is 14.9. The first-order valence-electron chi connectivity index (χ1n) is 11.4. The molecule has 0 aliphatic carbocycles. The SMILES string of the molecule is CCCC(C)CC(C)CC(C)Cc1ccc2ccccc2c1Nc1ccccc1. The zero-order chi connectivity index (χ0) is 20.6. The van der Waals surface area contributed by atoms with Crippen molar-refractivity contribution in [1.82, 2.24) is 0 Å². The first kappa shape index (κ1) is 21.4. The van der Waals surface area contributed by atoms with Gasteiger partial charge in [0.2, 0.25) is 0 Å². The van der Waals surface area contributed by atoms with E-state index in [-0.39, 0.29) is 0 Å². The van der Waals surface area contributed by atoms with Gasteiger partial charge in [0.15, 0.2) is 0 Å². The van der Waals surface area contributed by atoms with Gasteiger partial charge in [0.05, 0.1) is 0 Å². The van der Waals surface area contributed by atoms with Crippen molar-refractivity contribution in [2.45, 2.75) is 59.8 Å². The van der Waals surface area contributed by atoms with E-state index in [2.05, 4.69) is 99.7 Å². The fraction of sp³-hybridized carbons (Fsp3) is 0.429. The Labute approximate surface area is 177 Å². The quantitative estimate of drug-likeness (QED) is 0.367. The van der Waals surface area contributed by atoms with Crippen molar-refractivity contribution >= 4 is 22.1 Å². The van der Waals surface area contributed by atoms with Crippen molar-refractivity contribution in [3.05, 3.63) is 72.3 Å². The molecule has 0 aliphatic heterocycles. The van der Waals surface area contributed by atoms with Gasteiger partial charge in [-0.25, -0.2) is 0 Å². The average Bonchev–Trinajstić information content (AvgIpc) is 2.70. The molecule has 3 atom stereocenters. The van der Waals surface area contributed by atoms with Gasteiger partial charge in [0.25, 0.3) is 0 Å². The van der Waals surface area contributed by atoms with Crippen LogP contribution in [0.3, 0.4) is 0 Å². The van der Waals surface area contributed by atoms with Gasteiger partial charge in [-0.15, -0.1) is 0 Å². The maximum Gasteiger partial charge on any atom is 0.0496 e. The number of hydrogen-bond acceptors (Lipinski definition) is 1. The summed E-state index contributed by atoms with van der Waals surface area (Å²) in [6.07, 6.45) is 6.42. The lowest BCUT2D eigenvalue weighted by Crippen LogP contribution is -2.10. The standard InChI is InChI=1S/C28H37N/c1-5-11-21(2)18-22(3)19-23(4)20-25-17-16-24-12-9-10-15-27(24)28(25)29-26-13-7-6-8-14-26/h6-10,12-17,21-23,29H,5,11,18-20H2,1-4H3. The third-order valence-corrected chi connectivity index (χ3v) is 6.02. The fourth-order valence-corrected chi connectivity index (χ4v) is 4.84. The molecule has 3 aromatic rings. The maximum absolute atomic E-state index is 3.72. The number of benzene rings is 3. The lowest BCUT2D eigenvalue weighted by atomic mass is 9.85. The average molecular weight is 388 g/mol. The third kappa shape index (κ3) is 6.10. The van der Waals surface area contributed by atoms with Crippen LogP contribution in [0.25, 0.3) is 10.8 Å². The van der Waals surface area contributed by atoms with Crippen LogP contribution in [-0.2, 0) is 6.42 Å². The zero-order valence-corrected chi connectivity index (χ0v) is 18.6. The molecule has 29 heavy (non-hydrogen) atoms. The van der Waals surface area contributed by atoms with Crippen LogP contribution in [0.5, 0.6) is 0 Å². The number of nitrogens with one attached hydrogen (secondary N) is 1. The molecular formula is C28H37N. The Morgan fingerprint density at radius 2 is 1.41 bits per heavy atom. The molecule has 1 heteroatoms. The number of rotatable bonds is 10. The number of fused-ring (bicyclic) bond motifs is 1. The second-order valence-electron chi connectivity index (χ2n) is 9.09. The summed E-state index contributed by atoms with van der Waals surface area (Å²) in [6, 6.07) is 23.9. The molecular weight excluding hydrogens is 350 g/mol. The number of para-hydroxylation sites is 1. The lowest BCUT2D eigenvalue weighted by Gasteiger charge is -2.22. The van der Waals surface area contributed by atoms with E-state index in [1.165, 1.54) is 47.7 Å². The first-order chi connectivity index (χ1) is 14.1. The molecule has 0 fully saturated rings. The summed E-state index contributed by atoms with van der Waals surface area (Å²) in [5.41, 5.74) is 3.85. The summed E-state index contributed by atoms with van der Waals surface area (Å²) in [5.74, 6) is 2.31. The van der Waals surface area contributed by atoms with Crippen molar-refractivity contribution < 1.29 is 0 Å². The van der Waals surface area contributed by atoms with Crippen LogP contribution in [0.2, 0.25) is 0 Å². The predicted molar refractivity (Wildman–Crippen MR) is 129 cm³/mol. The van der Waals surface area contributed by atoms with Gasteiger partial charge in [-0.2, -0.15) is 0 Å². The molecule has 0 aliphatic rings. The van der Waals surface area contributed by atoms with E-state index >= 15 is 0 Å². The highest BCUT2D eigenvalue weighted by molar-refractivity contribution is 5.97.